The number of halogens is 3. The van der Waals surface area contributed by atoms with Crippen LogP contribution in [-0.2, 0) is 12.8 Å². The molecular weight excluding hydrogens is 635 g/mol. The third kappa shape index (κ3) is 12.3. The molecule has 0 spiro atoms. The second-order valence-corrected chi connectivity index (χ2v) is 7.20. The average Bonchev–Trinajstić information content (AvgIpc) is 2.89. The topological polar surface area (TPSA) is 49.4 Å². The quantitative estimate of drug-likeness (QED) is 0.309. The summed E-state index contributed by atoms with van der Waals surface area (Å²) in [5.41, 5.74) is 4.01. The maximum atomic E-state index is 11.9. The number of allylic oxidation sites excluding steroid dienone is 1. The van der Waals surface area contributed by atoms with E-state index in [2.05, 4.69) is 66.3 Å². The summed E-state index contributed by atoms with van der Waals surface area (Å²) in [6, 6.07) is 15.5. The molecule has 1 N–H and O–H groups in total. The third-order valence-corrected chi connectivity index (χ3v) is 5.04. The van der Waals surface area contributed by atoms with Crippen LogP contribution in [0.2, 0.25) is 0 Å². The molecule has 4 nitrogen and oxygen atoms in total. The number of carbonyl (C=O) groups excluding carboxylic acids is 2. The first-order chi connectivity index (χ1) is 16.1. The van der Waals surface area contributed by atoms with Crippen LogP contribution in [0.1, 0.15) is 33.3 Å². The van der Waals surface area contributed by atoms with E-state index in [1.165, 1.54) is 0 Å². The van der Waals surface area contributed by atoms with Gasteiger partial charge in [-0.25, -0.2) is 0 Å². The van der Waals surface area contributed by atoms with Crippen LogP contribution in [0.4, 0.5) is 0 Å². The van der Waals surface area contributed by atoms with Crippen LogP contribution in [-0.4, -0.2) is 53.3 Å². The van der Waals surface area contributed by atoms with Gasteiger partial charge in [0, 0.05) is 36.1 Å². The molecule has 0 unspecified atom stereocenters. The predicted octanol–water partition coefficient (Wildman–Crippen LogP) is 3.55. The third-order valence-electron chi connectivity index (χ3n) is 4.59. The first-order valence-electron chi connectivity index (χ1n) is 10.4. The van der Waals surface area contributed by atoms with Gasteiger partial charge in [-0.2, -0.15) is 0 Å². The minimum absolute atomic E-state index is 0. The molecule has 2 aliphatic heterocycles. The Bertz CT molecular complexity index is 885. The number of benzene rings is 2. The number of hydrogen-bond acceptors (Lipinski definition) is 2. The smallest absolute Gasteiger partial charge is 1.00 e. The summed E-state index contributed by atoms with van der Waals surface area (Å²) in [6.45, 7) is 9.31. The molecule has 0 radical (unpaired) electrons. The van der Waals surface area contributed by atoms with Gasteiger partial charge in [0.15, 0.2) is 0 Å². The molecular formula is C26H34Br3N2NaO2. The number of fused-ring (bicyclic) bond motifs is 2. The van der Waals surface area contributed by atoms with E-state index in [0.717, 1.165) is 53.5 Å². The van der Waals surface area contributed by atoms with Gasteiger partial charge in [-0.3, -0.25) is 9.59 Å². The van der Waals surface area contributed by atoms with Crippen molar-refractivity contribution in [3.05, 3.63) is 96.1 Å². The van der Waals surface area contributed by atoms with Crippen LogP contribution in [0.25, 0.3) is 0 Å². The molecule has 4 rings (SSSR count). The van der Waals surface area contributed by atoms with Gasteiger partial charge in [-0.05, 0) is 47.8 Å². The Balaban J connectivity index is -0.000000439. The fraction of sp³-hybridized carbons (Fsp3) is 0.308. The van der Waals surface area contributed by atoms with Crippen molar-refractivity contribution in [2.75, 3.05) is 36.6 Å². The number of carbonyl (C=O) groups is 2. The van der Waals surface area contributed by atoms with E-state index in [4.69, 9.17) is 0 Å². The van der Waals surface area contributed by atoms with Crippen molar-refractivity contribution < 1.29 is 40.6 Å². The van der Waals surface area contributed by atoms with Gasteiger partial charge in [0.2, 0.25) is 0 Å². The Morgan fingerprint density at radius 2 is 1.41 bits per heavy atom. The van der Waals surface area contributed by atoms with Crippen molar-refractivity contribution in [3.8, 4) is 0 Å². The SMILES string of the molecule is C=CCBr.C=CCN1CCc2ccccc2C1=O.CBr.CBr.O=C1NCCc2ccccc21.[H-].[Na+]. The molecule has 0 aromatic heterocycles. The summed E-state index contributed by atoms with van der Waals surface area (Å²) in [5, 5.41) is 3.70. The Hall–Kier alpha value is -0.700. The maximum absolute atomic E-state index is 11.9. The maximum Gasteiger partial charge on any atom is 1.00 e. The summed E-state index contributed by atoms with van der Waals surface area (Å²) in [6.07, 6.45) is 5.48. The van der Waals surface area contributed by atoms with Crippen molar-refractivity contribution in [3.63, 3.8) is 0 Å². The predicted molar refractivity (Wildman–Crippen MR) is 154 cm³/mol. The van der Waals surface area contributed by atoms with E-state index in [1.807, 2.05) is 65.1 Å². The molecule has 34 heavy (non-hydrogen) atoms. The zero-order valence-electron chi connectivity index (χ0n) is 21.3. The monoisotopic (exact) mass is 666 g/mol. The van der Waals surface area contributed by atoms with Crippen LogP contribution in [0.3, 0.4) is 0 Å². The standard InChI is InChI=1S/C12H13NO.C9H9NO.C3H5Br.2CH3Br.Na.H/c1-2-8-13-9-7-10-5-3-4-6-11(10)12(13)14;11-9-8-4-2-1-3-7(8)5-6-10-9;1-2-3-4;2*1-2;;/h2-6H,1,7-9H2;1-4H,5-6H2,(H,10,11);2H,1,3H2;2*1H3;;/q;;;;;+1;-1. The number of nitrogens with one attached hydrogen (secondary N) is 1. The van der Waals surface area contributed by atoms with Crippen LogP contribution in [0.15, 0.2) is 73.8 Å². The molecule has 2 amide bonds. The second-order valence-electron chi connectivity index (χ2n) is 6.55. The number of alkyl halides is 3. The van der Waals surface area contributed by atoms with E-state index in [1.54, 1.807) is 12.2 Å². The zero-order chi connectivity index (χ0) is 25.1. The minimum Gasteiger partial charge on any atom is -1.00 e. The summed E-state index contributed by atoms with van der Waals surface area (Å²) in [5.74, 6) is 3.82. The van der Waals surface area contributed by atoms with Crippen molar-refractivity contribution >= 4 is 59.6 Å². The number of rotatable bonds is 3. The van der Waals surface area contributed by atoms with E-state index in [-0.39, 0.29) is 42.8 Å². The molecule has 182 valence electrons. The van der Waals surface area contributed by atoms with Gasteiger partial charge in [-0.15, -0.1) is 13.2 Å². The van der Waals surface area contributed by atoms with E-state index >= 15 is 0 Å². The average molecular weight is 669 g/mol. The summed E-state index contributed by atoms with van der Waals surface area (Å²) in [4.78, 5) is 24.9. The molecule has 0 fully saturated rings. The largest absolute Gasteiger partial charge is 1.00 e. The first kappa shape index (κ1) is 35.5. The summed E-state index contributed by atoms with van der Waals surface area (Å²) >= 11 is 9.01. The van der Waals surface area contributed by atoms with Gasteiger partial charge < -0.3 is 11.6 Å². The zero-order valence-corrected chi connectivity index (χ0v) is 27.1. The molecule has 2 aliphatic rings. The fourth-order valence-electron chi connectivity index (χ4n) is 3.17. The summed E-state index contributed by atoms with van der Waals surface area (Å²) in [7, 11) is 0. The first-order valence-corrected chi connectivity index (χ1v) is 14.7. The van der Waals surface area contributed by atoms with Crippen LogP contribution in [0.5, 0.6) is 0 Å². The van der Waals surface area contributed by atoms with Crippen LogP contribution < -0.4 is 34.9 Å². The summed E-state index contributed by atoms with van der Waals surface area (Å²) < 4.78 is 0. The Morgan fingerprint density at radius 1 is 0.912 bits per heavy atom. The van der Waals surface area contributed by atoms with E-state index in [9.17, 15) is 9.59 Å². The van der Waals surface area contributed by atoms with Gasteiger partial charge in [0.1, 0.15) is 0 Å². The second kappa shape index (κ2) is 22.7. The fourth-order valence-corrected chi connectivity index (χ4v) is 3.17. The molecule has 2 heterocycles. The Kier molecular flexibility index (Phi) is 23.7. The van der Waals surface area contributed by atoms with Gasteiger partial charge >= 0.3 is 29.6 Å². The molecule has 0 saturated carbocycles. The molecule has 0 atom stereocenters. The van der Waals surface area contributed by atoms with E-state index < -0.39 is 0 Å². The number of amides is 2. The molecule has 2 aromatic rings. The molecule has 0 aliphatic carbocycles. The van der Waals surface area contributed by atoms with Crippen molar-refractivity contribution in [2.24, 2.45) is 0 Å². The minimum atomic E-state index is 0. The van der Waals surface area contributed by atoms with Crippen molar-refractivity contribution in [1.29, 1.82) is 0 Å². The van der Waals surface area contributed by atoms with Crippen LogP contribution >= 0.6 is 47.8 Å². The Labute approximate surface area is 253 Å². The van der Waals surface area contributed by atoms with Gasteiger partial charge in [0.25, 0.3) is 11.8 Å². The molecule has 0 bridgehead atoms. The molecule has 2 aromatic carbocycles. The molecule has 0 saturated heterocycles. The van der Waals surface area contributed by atoms with Crippen LogP contribution in [0, 0.1) is 0 Å². The molecule has 8 heteroatoms. The Morgan fingerprint density at radius 3 is 1.91 bits per heavy atom. The number of hydrogen-bond donors (Lipinski definition) is 1. The van der Waals surface area contributed by atoms with Crippen molar-refractivity contribution in [2.45, 2.75) is 12.8 Å². The normalized spacial score (nSPS) is 12.3. The van der Waals surface area contributed by atoms with E-state index in [0.29, 0.717) is 6.54 Å². The van der Waals surface area contributed by atoms with Gasteiger partial charge in [0.05, 0.1) is 0 Å². The van der Waals surface area contributed by atoms with Crippen molar-refractivity contribution in [1.82, 2.24) is 10.2 Å². The van der Waals surface area contributed by atoms with Gasteiger partial charge in [-0.1, -0.05) is 96.3 Å². The number of nitrogens with zero attached hydrogens (tertiary/aromatic N) is 1.